The summed E-state index contributed by atoms with van der Waals surface area (Å²) in [5.74, 6) is 0.650. The van der Waals surface area contributed by atoms with Gasteiger partial charge >= 0.3 is 0 Å². The molecule has 0 amide bonds. The van der Waals surface area contributed by atoms with Gasteiger partial charge < -0.3 is 4.74 Å². The van der Waals surface area contributed by atoms with Crippen molar-refractivity contribution in [2.45, 2.75) is 23.5 Å². The topological polar surface area (TPSA) is 43.4 Å². The van der Waals surface area contributed by atoms with Crippen LogP contribution in [0, 0.1) is 0 Å². The molecule has 0 saturated heterocycles. The van der Waals surface area contributed by atoms with Crippen molar-refractivity contribution in [1.29, 1.82) is 0 Å². The molecule has 3 nitrogen and oxygen atoms in total. The van der Waals surface area contributed by atoms with Crippen LogP contribution in [0.2, 0.25) is 0 Å². The molecule has 118 valence electrons. The number of carbonyl (C=O) groups excluding carboxylic acids is 2. The minimum atomic E-state index is -0.509. The molecule has 0 fully saturated rings. The number of hydrogen-bond donors (Lipinski definition) is 0. The van der Waals surface area contributed by atoms with E-state index in [0.29, 0.717) is 11.3 Å². The summed E-state index contributed by atoms with van der Waals surface area (Å²) < 4.78 is 5.20. The van der Waals surface area contributed by atoms with Gasteiger partial charge in [-0.3, -0.25) is 9.59 Å². The second kappa shape index (κ2) is 6.50. The van der Waals surface area contributed by atoms with Crippen molar-refractivity contribution in [1.82, 2.24) is 0 Å². The third-order valence-electron chi connectivity index (χ3n) is 3.93. The molecule has 2 aromatic carbocycles. The van der Waals surface area contributed by atoms with E-state index in [-0.39, 0.29) is 16.8 Å². The first-order valence-electron chi connectivity index (χ1n) is 7.45. The molecule has 0 spiro atoms. The molecular weight excluding hydrogens is 308 g/mol. The number of carbonyl (C=O) groups is 2. The Balaban J connectivity index is 2.12. The minimum absolute atomic E-state index is 0.0227. The van der Waals surface area contributed by atoms with Crippen LogP contribution in [0.5, 0.6) is 5.75 Å². The molecule has 3 rings (SSSR count). The van der Waals surface area contributed by atoms with E-state index in [2.05, 4.69) is 0 Å². The van der Waals surface area contributed by atoms with E-state index in [9.17, 15) is 9.59 Å². The van der Waals surface area contributed by atoms with Crippen LogP contribution in [-0.4, -0.2) is 23.5 Å². The molecule has 2 atom stereocenters. The third-order valence-corrected chi connectivity index (χ3v) is 6.68. The smallest absolute Gasteiger partial charge is 0.173 e. The Morgan fingerprint density at radius 3 is 2.30 bits per heavy atom. The summed E-state index contributed by atoms with van der Waals surface area (Å²) >= 11 is 0. The Labute approximate surface area is 138 Å². The number of methoxy groups -OCH3 is 1. The summed E-state index contributed by atoms with van der Waals surface area (Å²) in [7, 11) is 1.12. The first kappa shape index (κ1) is 15.7. The van der Waals surface area contributed by atoms with Crippen LogP contribution in [0.25, 0.3) is 0 Å². The molecule has 1 unspecified atom stereocenters. The van der Waals surface area contributed by atoms with Crippen LogP contribution in [0.3, 0.4) is 0 Å². The summed E-state index contributed by atoms with van der Waals surface area (Å²) in [4.78, 5) is 26.0. The van der Waals surface area contributed by atoms with Crippen molar-refractivity contribution < 1.29 is 14.3 Å². The van der Waals surface area contributed by atoms with Gasteiger partial charge in [-0.2, -0.15) is 0 Å². The van der Waals surface area contributed by atoms with E-state index in [1.165, 1.54) is 6.92 Å². The maximum absolute atomic E-state index is 12.4. The summed E-state index contributed by atoms with van der Waals surface area (Å²) in [6.45, 7) is 1.49. The number of Topliss-reactive ketones (excluding diaryl/α,β-unsaturated/α-hetero) is 2. The Morgan fingerprint density at radius 2 is 1.74 bits per heavy atom. The molecule has 0 aliphatic carbocycles. The zero-order chi connectivity index (χ0) is 16.4. The van der Waals surface area contributed by atoms with E-state index in [0.717, 1.165) is 16.2 Å². The van der Waals surface area contributed by atoms with Gasteiger partial charge in [0.2, 0.25) is 0 Å². The summed E-state index contributed by atoms with van der Waals surface area (Å²) in [5, 5.41) is 0.0229. The highest BCUT2D eigenvalue weighted by atomic mass is 32.2. The maximum atomic E-state index is 12.4. The monoisotopic (exact) mass is 326 g/mol. The average Bonchev–Trinajstić information content (AvgIpc) is 2.93. The lowest BCUT2D eigenvalue weighted by atomic mass is 10.0. The lowest BCUT2D eigenvalue weighted by Gasteiger charge is -2.17. The van der Waals surface area contributed by atoms with Gasteiger partial charge in [-0.15, -0.1) is 10.5 Å². The summed E-state index contributed by atoms with van der Waals surface area (Å²) in [5.41, 5.74) is 1.07. The fraction of sp³-hybridized carbons (Fsp3) is 0.211. The summed E-state index contributed by atoms with van der Waals surface area (Å²) in [6.07, 6.45) is 0.388. The zero-order valence-corrected chi connectivity index (χ0v) is 13.9. The van der Waals surface area contributed by atoms with Crippen LogP contribution in [0.15, 0.2) is 59.5 Å². The van der Waals surface area contributed by atoms with Gasteiger partial charge in [0.15, 0.2) is 11.6 Å². The molecule has 1 aliphatic rings. The average molecular weight is 326 g/mol. The second-order valence-electron chi connectivity index (χ2n) is 5.43. The normalized spacial score (nSPS) is 20.6. The van der Waals surface area contributed by atoms with Crippen LogP contribution in [0.1, 0.15) is 24.2 Å². The Bertz CT molecular complexity index is 776. The van der Waals surface area contributed by atoms with Gasteiger partial charge in [-0.1, -0.05) is 30.3 Å². The largest absolute Gasteiger partial charge is 0.497 e. The molecule has 0 aromatic heterocycles. The number of benzene rings is 2. The van der Waals surface area contributed by atoms with Gasteiger partial charge in [0, 0.05) is 16.6 Å². The molecule has 0 N–H and O–H groups in total. The zero-order valence-electron chi connectivity index (χ0n) is 13.1. The first-order chi connectivity index (χ1) is 11.1. The van der Waals surface area contributed by atoms with Crippen molar-refractivity contribution in [2.75, 3.05) is 7.11 Å². The number of hydrogen-bond acceptors (Lipinski definition) is 3. The van der Waals surface area contributed by atoms with Crippen molar-refractivity contribution in [3.8, 4) is 5.75 Å². The first-order valence-corrected chi connectivity index (χ1v) is 8.74. The Morgan fingerprint density at radius 1 is 1.09 bits per heavy atom. The Kier molecular flexibility index (Phi) is 4.44. The SMILES string of the molecule is COc1ccc([C@H]2CC(=O)C(C(C)=O)=S2c2ccccc2)cc1. The van der Waals surface area contributed by atoms with Crippen molar-refractivity contribution >= 4 is 26.9 Å². The van der Waals surface area contributed by atoms with Crippen molar-refractivity contribution in [3.05, 3.63) is 60.2 Å². The van der Waals surface area contributed by atoms with Crippen LogP contribution >= 0.6 is 10.5 Å². The molecule has 0 bridgehead atoms. The van der Waals surface area contributed by atoms with E-state index in [1.807, 2.05) is 54.6 Å². The van der Waals surface area contributed by atoms with Gasteiger partial charge in [0.1, 0.15) is 5.75 Å². The molecule has 0 saturated carbocycles. The quantitative estimate of drug-likeness (QED) is 0.803. The van der Waals surface area contributed by atoms with Crippen molar-refractivity contribution in [3.63, 3.8) is 0 Å². The van der Waals surface area contributed by atoms with Gasteiger partial charge in [0.25, 0.3) is 0 Å². The van der Waals surface area contributed by atoms with E-state index in [4.69, 9.17) is 4.74 Å². The minimum Gasteiger partial charge on any atom is -0.497 e. The number of ketones is 2. The fourth-order valence-electron chi connectivity index (χ4n) is 2.88. The standard InChI is InChI=1S/C19H18O3S/c1-13(20)19-17(21)12-18(14-8-10-15(22-2)11-9-14)23(19)16-6-4-3-5-7-16/h3-11,18H,12H2,1-2H3/t18-,23?/m1/s1. The van der Waals surface area contributed by atoms with E-state index >= 15 is 0 Å². The molecule has 1 aliphatic heterocycles. The van der Waals surface area contributed by atoms with Gasteiger partial charge in [0.05, 0.1) is 12.0 Å². The number of ether oxygens (including phenoxy) is 1. The second-order valence-corrected chi connectivity index (χ2v) is 7.55. The van der Waals surface area contributed by atoms with E-state index in [1.54, 1.807) is 7.11 Å². The van der Waals surface area contributed by atoms with Crippen LogP contribution < -0.4 is 4.74 Å². The molecule has 0 radical (unpaired) electrons. The fourth-order valence-corrected chi connectivity index (χ4v) is 5.57. The van der Waals surface area contributed by atoms with E-state index < -0.39 is 10.5 Å². The number of rotatable bonds is 4. The lowest BCUT2D eigenvalue weighted by molar-refractivity contribution is -0.115. The van der Waals surface area contributed by atoms with Crippen LogP contribution in [0.4, 0.5) is 0 Å². The lowest BCUT2D eigenvalue weighted by Crippen LogP contribution is -2.16. The highest BCUT2D eigenvalue weighted by molar-refractivity contribution is 8.18. The maximum Gasteiger partial charge on any atom is 0.173 e. The highest BCUT2D eigenvalue weighted by Gasteiger charge is 2.35. The summed E-state index contributed by atoms with van der Waals surface area (Å²) in [6, 6.07) is 17.6. The predicted molar refractivity (Wildman–Crippen MR) is 93.3 cm³/mol. The van der Waals surface area contributed by atoms with Crippen LogP contribution in [-0.2, 0) is 9.59 Å². The Hall–Kier alpha value is -2.20. The molecular formula is C19H18O3S. The molecule has 4 heteroatoms. The van der Waals surface area contributed by atoms with Gasteiger partial charge in [-0.25, -0.2) is 0 Å². The molecule has 23 heavy (non-hydrogen) atoms. The van der Waals surface area contributed by atoms with Gasteiger partial charge in [-0.05, 0) is 36.8 Å². The predicted octanol–water partition coefficient (Wildman–Crippen LogP) is 3.80. The third kappa shape index (κ3) is 2.99. The molecule has 1 heterocycles. The molecule has 2 aromatic rings. The van der Waals surface area contributed by atoms with Crippen molar-refractivity contribution in [2.24, 2.45) is 0 Å². The highest BCUT2D eigenvalue weighted by Crippen LogP contribution is 2.50.